The van der Waals surface area contributed by atoms with Gasteiger partial charge in [-0.2, -0.15) is 0 Å². The molecule has 0 unspecified atom stereocenters. The molecule has 0 N–H and O–H groups in total. The maximum Gasteiger partial charge on any atom is 0.0701 e. The SMILES string of the molecule is CC(C)(C)c1ccc(-c2ccccn2)cc1.Cl. The Morgan fingerprint density at radius 1 is 0.882 bits per heavy atom. The van der Waals surface area contributed by atoms with Crippen LogP contribution in [0.4, 0.5) is 0 Å². The monoisotopic (exact) mass is 247 g/mol. The predicted octanol–water partition coefficient (Wildman–Crippen LogP) is 4.47. The average molecular weight is 248 g/mol. The summed E-state index contributed by atoms with van der Waals surface area (Å²) in [5, 5.41) is 0. The maximum atomic E-state index is 4.34. The summed E-state index contributed by atoms with van der Waals surface area (Å²) in [6.07, 6.45) is 1.83. The highest BCUT2D eigenvalue weighted by Gasteiger charge is 2.12. The first-order valence-electron chi connectivity index (χ1n) is 5.59. The molecule has 1 aromatic carbocycles. The first-order chi connectivity index (χ1) is 7.57. The predicted molar refractivity (Wildman–Crippen MR) is 75.6 cm³/mol. The molecule has 90 valence electrons. The van der Waals surface area contributed by atoms with E-state index in [4.69, 9.17) is 0 Å². The van der Waals surface area contributed by atoms with Crippen LogP contribution in [-0.4, -0.2) is 4.98 Å². The van der Waals surface area contributed by atoms with Crippen molar-refractivity contribution >= 4 is 12.4 Å². The number of hydrogen-bond donors (Lipinski definition) is 0. The number of hydrogen-bond acceptors (Lipinski definition) is 1. The molecule has 17 heavy (non-hydrogen) atoms. The van der Waals surface area contributed by atoms with Crippen molar-refractivity contribution in [2.45, 2.75) is 26.2 Å². The van der Waals surface area contributed by atoms with E-state index in [0.29, 0.717) is 0 Å². The Bertz CT molecular complexity index is 455. The first kappa shape index (κ1) is 13.7. The van der Waals surface area contributed by atoms with Crippen LogP contribution < -0.4 is 0 Å². The highest BCUT2D eigenvalue weighted by atomic mass is 35.5. The zero-order valence-electron chi connectivity index (χ0n) is 10.5. The van der Waals surface area contributed by atoms with Crippen molar-refractivity contribution in [3.63, 3.8) is 0 Å². The molecule has 0 radical (unpaired) electrons. The third kappa shape index (κ3) is 3.31. The molecule has 0 saturated carbocycles. The van der Waals surface area contributed by atoms with Crippen molar-refractivity contribution in [2.75, 3.05) is 0 Å². The molecule has 1 heterocycles. The maximum absolute atomic E-state index is 4.34. The van der Waals surface area contributed by atoms with E-state index < -0.39 is 0 Å². The van der Waals surface area contributed by atoms with E-state index >= 15 is 0 Å². The molecule has 2 aromatic rings. The minimum absolute atomic E-state index is 0. The summed E-state index contributed by atoms with van der Waals surface area (Å²) in [5.74, 6) is 0. The Labute approximate surface area is 109 Å². The second-order valence-electron chi connectivity index (χ2n) is 5.04. The molecular weight excluding hydrogens is 230 g/mol. The van der Waals surface area contributed by atoms with Gasteiger partial charge in [-0.25, -0.2) is 0 Å². The molecule has 1 aromatic heterocycles. The van der Waals surface area contributed by atoms with Gasteiger partial charge in [0.25, 0.3) is 0 Å². The third-order valence-corrected chi connectivity index (χ3v) is 2.71. The molecular formula is C15H18ClN. The second kappa shape index (κ2) is 5.33. The molecule has 2 heteroatoms. The molecule has 0 saturated heterocycles. The largest absolute Gasteiger partial charge is 0.256 e. The lowest BCUT2D eigenvalue weighted by Gasteiger charge is -2.19. The summed E-state index contributed by atoms with van der Waals surface area (Å²) in [5.41, 5.74) is 3.77. The lowest BCUT2D eigenvalue weighted by Crippen LogP contribution is -2.10. The van der Waals surface area contributed by atoms with Crippen molar-refractivity contribution in [3.8, 4) is 11.3 Å². The summed E-state index contributed by atoms with van der Waals surface area (Å²) in [4.78, 5) is 4.34. The normalized spacial score (nSPS) is 10.8. The van der Waals surface area contributed by atoms with E-state index in [1.165, 1.54) is 11.1 Å². The van der Waals surface area contributed by atoms with E-state index in [1.54, 1.807) is 0 Å². The van der Waals surface area contributed by atoms with Gasteiger partial charge >= 0.3 is 0 Å². The van der Waals surface area contributed by atoms with Crippen LogP contribution in [-0.2, 0) is 5.41 Å². The Morgan fingerprint density at radius 3 is 2.00 bits per heavy atom. The van der Waals surface area contributed by atoms with Gasteiger partial charge in [-0.1, -0.05) is 51.1 Å². The van der Waals surface area contributed by atoms with Crippen molar-refractivity contribution in [3.05, 3.63) is 54.2 Å². The Morgan fingerprint density at radius 2 is 1.53 bits per heavy atom. The number of pyridine rings is 1. The second-order valence-corrected chi connectivity index (χ2v) is 5.04. The lowest BCUT2D eigenvalue weighted by molar-refractivity contribution is 0.590. The number of halogens is 1. The van der Waals surface area contributed by atoms with Gasteiger partial charge in [-0.05, 0) is 23.1 Å². The van der Waals surface area contributed by atoms with Crippen LogP contribution in [0.25, 0.3) is 11.3 Å². The summed E-state index contributed by atoms with van der Waals surface area (Å²) in [6, 6.07) is 14.6. The fourth-order valence-corrected chi connectivity index (χ4v) is 1.67. The molecule has 2 rings (SSSR count). The van der Waals surface area contributed by atoms with Gasteiger partial charge in [-0.3, -0.25) is 4.98 Å². The van der Waals surface area contributed by atoms with Gasteiger partial charge in [0, 0.05) is 11.8 Å². The van der Waals surface area contributed by atoms with Crippen molar-refractivity contribution in [1.82, 2.24) is 4.98 Å². The van der Waals surface area contributed by atoms with Crippen LogP contribution >= 0.6 is 12.4 Å². The molecule has 0 fully saturated rings. The first-order valence-corrected chi connectivity index (χ1v) is 5.59. The Kier molecular flexibility index (Phi) is 4.30. The van der Waals surface area contributed by atoms with Gasteiger partial charge in [0.05, 0.1) is 5.69 Å². The summed E-state index contributed by atoms with van der Waals surface area (Å²) in [6.45, 7) is 6.67. The van der Waals surface area contributed by atoms with Crippen molar-refractivity contribution in [1.29, 1.82) is 0 Å². The van der Waals surface area contributed by atoms with Gasteiger partial charge in [-0.15, -0.1) is 12.4 Å². The molecule has 1 nitrogen and oxygen atoms in total. The summed E-state index contributed by atoms with van der Waals surface area (Å²) in [7, 11) is 0. The summed E-state index contributed by atoms with van der Waals surface area (Å²) >= 11 is 0. The van der Waals surface area contributed by atoms with Crippen molar-refractivity contribution in [2.24, 2.45) is 0 Å². The van der Waals surface area contributed by atoms with Crippen LogP contribution in [0.3, 0.4) is 0 Å². The number of benzene rings is 1. The molecule has 0 atom stereocenters. The molecule has 0 aliphatic heterocycles. The smallest absolute Gasteiger partial charge is 0.0701 e. The Balaban J connectivity index is 0.00000144. The highest BCUT2D eigenvalue weighted by Crippen LogP contribution is 2.24. The molecule has 0 spiro atoms. The molecule has 0 amide bonds. The van der Waals surface area contributed by atoms with Crippen molar-refractivity contribution < 1.29 is 0 Å². The molecule has 0 aliphatic carbocycles. The molecule has 0 aliphatic rings. The minimum atomic E-state index is 0. The van der Waals surface area contributed by atoms with Crippen LogP contribution in [0.15, 0.2) is 48.7 Å². The van der Waals surface area contributed by atoms with Gasteiger partial charge in [0.2, 0.25) is 0 Å². The van der Waals surface area contributed by atoms with Gasteiger partial charge < -0.3 is 0 Å². The number of aromatic nitrogens is 1. The van der Waals surface area contributed by atoms with E-state index in [9.17, 15) is 0 Å². The summed E-state index contributed by atoms with van der Waals surface area (Å²) < 4.78 is 0. The zero-order valence-corrected chi connectivity index (χ0v) is 11.3. The van der Waals surface area contributed by atoms with E-state index in [-0.39, 0.29) is 17.8 Å². The third-order valence-electron chi connectivity index (χ3n) is 2.71. The van der Waals surface area contributed by atoms with Crippen LogP contribution in [0, 0.1) is 0 Å². The Hall–Kier alpha value is -1.34. The number of rotatable bonds is 1. The van der Waals surface area contributed by atoms with E-state index in [1.807, 2.05) is 24.4 Å². The van der Waals surface area contributed by atoms with Crippen LogP contribution in [0.1, 0.15) is 26.3 Å². The zero-order chi connectivity index (χ0) is 11.6. The fraction of sp³-hybridized carbons (Fsp3) is 0.267. The minimum Gasteiger partial charge on any atom is -0.256 e. The van der Waals surface area contributed by atoms with Crippen LogP contribution in [0.5, 0.6) is 0 Å². The van der Waals surface area contributed by atoms with Crippen LogP contribution in [0.2, 0.25) is 0 Å². The van der Waals surface area contributed by atoms with Gasteiger partial charge in [0.1, 0.15) is 0 Å². The average Bonchev–Trinajstić information content (AvgIpc) is 2.29. The van der Waals surface area contributed by atoms with E-state index in [2.05, 4.69) is 50.0 Å². The highest BCUT2D eigenvalue weighted by molar-refractivity contribution is 5.85. The standard InChI is InChI=1S/C15H17N.ClH/c1-15(2,3)13-9-7-12(8-10-13)14-6-4-5-11-16-14;/h4-11H,1-3H3;1H. The lowest BCUT2D eigenvalue weighted by atomic mass is 9.86. The number of nitrogens with zero attached hydrogens (tertiary/aromatic N) is 1. The van der Waals surface area contributed by atoms with E-state index in [0.717, 1.165) is 5.69 Å². The quantitative estimate of drug-likeness (QED) is 0.725. The molecule has 0 bridgehead atoms. The fourth-order valence-electron chi connectivity index (χ4n) is 1.67. The van der Waals surface area contributed by atoms with Gasteiger partial charge in [0.15, 0.2) is 0 Å². The topological polar surface area (TPSA) is 12.9 Å².